The van der Waals surface area contributed by atoms with E-state index in [-0.39, 0.29) is 5.78 Å². The number of carbonyl (C=O) groups is 1. The summed E-state index contributed by atoms with van der Waals surface area (Å²) in [6, 6.07) is 17.9. The topological polar surface area (TPSA) is 45.8 Å². The molecule has 4 rings (SSSR count). The van der Waals surface area contributed by atoms with E-state index >= 15 is 0 Å². The Bertz CT molecular complexity index is 975. The maximum absolute atomic E-state index is 12.9. The van der Waals surface area contributed by atoms with Crippen LogP contribution in [-0.4, -0.2) is 21.5 Å². The average molecular weight is 350 g/mol. The highest BCUT2D eigenvalue weighted by molar-refractivity contribution is 8.01. The lowest BCUT2D eigenvalue weighted by Gasteiger charge is -2.04. The summed E-state index contributed by atoms with van der Waals surface area (Å²) in [5.74, 6) is 0.501. The van der Waals surface area contributed by atoms with Gasteiger partial charge in [0.05, 0.1) is 17.0 Å². The fraction of sp³-hybridized carbons (Fsp3) is 0.0526. The number of ketones is 1. The standard InChI is InChI=1S/C19H14N2OS2/c22-16(12-24-19-20-10-11-23-19)17-14-8-4-5-9-15(14)21-18(17)13-6-2-1-3-7-13/h1-11,21H,12H2. The number of thiazole rings is 1. The van der Waals surface area contributed by atoms with Crippen LogP contribution in [0.5, 0.6) is 0 Å². The zero-order chi connectivity index (χ0) is 16.4. The monoisotopic (exact) mass is 350 g/mol. The van der Waals surface area contributed by atoms with Gasteiger partial charge in [0, 0.05) is 22.5 Å². The molecule has 4 aromatic rings. The van der Waals surface area contributed by atoms with E-state index < -0.39 is 0 Å². The van der Waals surface area contributed by atoms with Crippen molar-refractivity contribution in [2.75, 3.05) is 5.75 Å². The second-order valence-corrected chi connectivity index (χ2v) is 7.41. The third-order valence-electron chi connectivity index (χ3n) is 3.78. The second kappa shape index (κ2) is 6.63. The fourth-order valence-corrected chi connectivity index (χ4v) is 4.24. The van der Waals surface area contributed by atoms with Crippen LogP contribution < -0.4 is 0 Å². The first-order valence-corrected chi connectivity index (χ1v) is 9.41. The molecule has 0 saturated heterocycles. The molecule has 3 nitrogen and oxygen atoms in total. The molecular weight excluding hydrogens is 336 g/mol. The predicted octanol–water partition coefficient (Wildman–Crippen LogP) is 5.27. The Morgan fingerprint density at radius 3 is 2.67 bits per heavy atom. The van der Waals surface area contributed by atoms with Gasteiger partial charge in [-0.15, -0.1) is 11.3 Å². The third kappa shape index (κ3) is 2.88. The molecule has 0 atom stereocenters. The van der Waals surface area contributed by atoms with Gasteiger partial charge in [-0.1, -0.05) is 60.3 Å². The molecule has 0 fully saturated rings. The van der Waals surface area contributed by atoms with Gasteiger partial charge in [0.1, 0.15) is 4.34 Å². The Kier molecular flexibility index (Phi) is 4.19. The van der Waals surface area contributed by atoms with E-state index in [9.17, 15) is 4.79 Å². The number of hydrogen-bond donors (Lipinski definition) is 1. The number of rotatable bonds is 5. The maximum Gasteiger partial charge on any atom is 0.175 e. The van der Waals surface area contributed by atoms with Crippen LogP contribution in [0.1, 0.15) is 10.4 Å². The number of thioether (sulfide) groups is 1. The summed E-state index contributed by atoms with van der Waals surface area (Å²) >= 11 is 3.05. The largest absolute Gasteiger partial charge is 0.354 e. The number of H-pyrrole nitrogens is 1. The highest BCUT2D eigenvalue weighted by Gasteiger charge is 2.19. The lowest BCUT2D eigenvalue weighted by molar-refractivity contribution is 0.102. The number of benzene rings is 2. The summed E-state index contributed by atoms with van der Waals surface area (Å²) in [4.78, 5) is 20.6. The summed E-state index contributed by atoms with van der Waals surface area (Å²) in [6.45, 7) is 0. The first-order chi connectivity index (χ1) is 11.8. The van der Waals surface area contributed by atoms with Gasteiger partial charge in [0.15, 0.2) is 5.78 Å². The Balaban J connectivity index is 1.76. The quantitative estimate of drug-likeness (QED) is 0.394. The van der Waals surface area contributed by atoms with Crippen LogP contribution in [0.15, 0.2) is 70.5 Å². The van der Waals surface area contributed by atoms with Gasteiger partial charge in [0.25, 0.3) is 0 Å². The molecular formula is C19H14N2OS2. The second-order valence-electron chi connectivity index (χ2n) is 5.30. The van der Waals surface area contributed by atoms with E-state index in [1.54, 1.807) is 17.5 Å². The number of carbonyl (C=O) groups excluding carboxylic acids is 1. The normalized spacial score (nSPS) is 11.0. The number of aromatic amines is 1. The molecule has 0 bridgehead atoms. The fourth-order valence-electron chi connectivity index (χ4n) is 2.73. The van der Waals surface area contributed by atoms with Gasteiger partial charge in [-0.3, -0.25) is 4.79 Å². The van der Waals surface area contributed by atoms with Crippen molar-refractivity contribution in [2.24, 2.45) is 0 Å². The van der Waals surface area contributed by atoms with E-state index in [2.05, 4.69) is 9.97 Å². The number of nitrogens with one attached hydrogen (secondary N) is 1. The number of hydrogen-bond acceptors (Lipinski definition) is 4. The predicted molar refractivity (Wildman–Crippen MR) is 101 cm³/mol. The first kappa shape index (κ1) is 15.2. The van der Waals surface area contributed by atoms with Crippen LogP contribution in [0, 0.1) is 0 Å². The van der Waals surface area contributed by atoms with E-state index in [1.165, 1.54) is 11.8 Å². The lowest BCUT2D eigenvalue weighted by Crippen LogP contribution is -2.03. The zero-order valence-corrected chi connectivity index (χ0v) is 14.4. The molecule has 0 saturated carbocycles. The smallest absolute Gasteiger partial charge is 0.175 e. The molecule has 118 valence electrons. The Labute approximate surface area is 147 Å². The Hall–Kier alpha value is -2.37. The van der Waals surface area contributed by atoms with Crippen molar-refractivity contribution in [3.05, 3.63) is 71.7 Å². The summed E-state index contributed by atoms with van der Waals surface area (Å²) in [6.07, 6.45) is 1.76. The molecule has 0 aliphatic rings. The maximum atomic E-state index is 12.9. The molecule has 0 spiro atoms. The minimum atomic E-state index is 0.117. The minimum absolute atomic E-state index is 0.117. The lowest BCUT2D eigenvalue weighted by atomic mass is 10.0. The van der Waals surface area contributed by atoms with Crippen molar-refractivity contribution in [2.45, 2.75) is 4.34 Å². The van der Waals surface area contributed by atoms with Crippen molar-refractivity contribution in [3.63, 3.8) is 0 Å². The van der Waals surface area contributed by atoms with E-state index in [1.807, 2.05) is 60.0 Å². The molecule has 2 aromatic carbocycles. The zero-order valence-electron chi connectivity index (χ0n) is 12.7. The molecule has 1 N–H and O–H groups in total. The number of nitrogens with zero attached hydrogens (tertiary/aromatic N) is 1. The summed E-state index contributed by atoms with van der Waals surface area (Å²) in [5, 5.41) is 2.90. The molecule has 0 unspecified atom stereocenters. The van der Waals surface area contributed by atoms with Gasteiger partial charge in [-0.05, 0) is 11.6 Å². The number of Topliss-reactive ketones (excluding diaryl/α,β-unsaturated/α-hetero) is 1. The van der Waals surface area contributed by atoms with E-state index in [0.717, 1.165) is 32.1 Å². The van der Waals surface area contributed by atoms with Gasteiger partial charge in [-0.2, -0.15) is 0 Å². The molecule has 0 aliphatic heterocycles. The minimum Gasteiger partial charge on any atom is -0.354 e. The third-order valence-corrected chi connectivity index (χ3v) is 5.75. The van der Waals surface area contributed by atoms with Gasteiger partial charge in [-0.25, -0.2) is 4.98 Å². The van der Waals surface area contributed by atoms with Crippen molar-refractivity contribution in [3.8, 4) is 11.3 Å². The molecule has 2 aromatic heterocycles. The molecule has 5 heteroatoms. The first-order valence-electron chi connectivity index (χ1n) is 7.54. The van der Waals surface area contributed by atoms with Crippen LogP contribution >= 0.6 is 23.1 Å². The van der Waals surface area contributed by atoms with Gasteiger partial charge >= 0.3 is 0 Å². The van der Waals surface area contributed by atoms with Crippen LogP contribution in [0.3, 0.4) is 0 Å². The number of para-hydroxylation sites is 1. The highest BCUT2D eigenvalue weighted by Crippen LogP contribution is 2.32. The van der Waals surface area contributed by atoms with Crippen LogP contribution in [-0.2, 0) is 0 Å². The van der Waals surface area contributed by atoms with Crippen molar-refractivity contribution in [1.82, 2.24) is 9.97 Å². The molecule has 2 heterocycles. The Morgan fingerprint density at radius 1 is 1.08 bits per heavy atom. The van der Waals surface area contributed by atoms with Crippen LogP contribution in [0.2, 0.25) is 0 Å². The SMILES string of the molecule is O=C(CSc1nccs1)c1c(-c2ccccc2)[nH]c2ccccc12. The number of aromatic nitrogens is 2. The molecule has 24 heavy (non-hydrogen) atoms. The molecule has 0 aliphatic carbocycles. The summed E-state index contributed by atoms with van der Waals surface area (Å²) < 4.78 is 0.921. The van der Waals surface area contributed by atoms with Crippen molar-refractivity contribution < 1.29 is 4.79 Å². The average Bonchev–Trinajstić information content (AvgIpc) is 3.28. The van der Waals surface area contributed by atoms with Crippen LogP contribution in [0.4, 0.5) is 0 Å². The van der Waals surface area contributed by atoms with E-state index in [4.69, 9.17) is 0 Å². The van der Waals surface area contributed by atoms with Crippen molar-refractivity contribution >= 4 is 39.8 Å². The molecule has 0 amide bonds. The Morgan fingerprint density at radius 2 is 1.88 bits per heavy atom. The van der Waals surface area contributed by atoms with Crippen LogP contribution in [0.25, 0.3) is 22.2 Å². The number of fused-ring (bicyclic) bond motifs is 1. The van der Waals surface area contributed by atoms with Gasteiger partial charge in [0.2, 0.25) is 0 Å². The van der Waals surface area contributed by atoms with Gasteiger partial charge < -0.3 is 4.98 Å². The highest BCUT2D eigenvalue weighted by atomic mass is 32.2. The summed E-state index contributed by atoms with van der Waals surface area (Å²) in [7, 11) is 0. The van der Waals surface area contributed by atoms with Crippen molar-refractivity contribution in [1.29, 1.82) is 0 Å². The molecule has 0 radical (unpaired) electrons. The van der Waals surface area contributed by atoms with E-state index in [0.29, 0.717) is 5.75 Å². The summed E-state index contributed by atoms with van der Waals surface area (Å²) in [5.41, 5.74) is 3.66.